The maximum absolute atomic E-state index is 12.0. The fraction of sp³-hybridized carbons (Fsp3) is 0.353. The zero-order chi connectivity index (χ0) is 18.4. The summed E-state index contributed by atoms with van der Waals surface area (Å²) in [6.07, 6.45) is 0. The van der Waals surface area contributed by atoms with E-state index in [1.807, 2.05) is 13.8 Å². The number of likely N-dealkylation sites (N-methyl/N-ethyl adjacent to an activating group) is 1. The van der Waals surface area contributed by atoms with Crippen LogP contribution in [-0.4, -0.2) is 41.6 Å². The molecule has 8 heteroatoms. The molecule has 0 aliphatic rings. The predicted molar refractivity (Wildman–Crippen MR) is 94.1 cm³/mol. The molecule has 0 spiro atoms. The number of rotatable bonds is 7. The van der Waals surface area contributed by atoms with Crippen molar-refractivity contribution in [3.05, 3.63) is 40.7 Å². The molecular formula is C17H20ClN3O4. The van der Waals surface area contributed by atoms with Crippen molar-refractivity contribution in [1.29, 1.82) is 0 Å². The van der Waals surface area contributed by atoms with Gasteiger partial charge in [0.1, 0.15) is 5.75 Å². The number of halogens is 1. The highest BCUT2D eigenvalue weighted by Gasteiger charge is 2.14. The lowest BCUT2D eigenvalue weighted by Gasteiger charge is -2.19. The average Bonchev–Trinajstić information content (AvgIpc) is 3.02. The van der Waals surface area contributed by atoms with Gasteiger partial charge in [0.2, 0.25) is 5.76 Å². The summed E-state index contributed by atoms with van der Waals surface area (Å²) in [5.74, 6) is -0.0596. The summed E-state index contributed by atoms with van der Waals surface area (Å²) in [6.45, 7) is 6.69. The third-order valence-corrected chi connectivity index (χ3v) is 3.80. The molecule has 1 N–H and O–H groups in total. The van der Waals surface area contributed by atoms with Crippen molar-refractivity contribution in [2.45, 2.75) is 20.8 Å². The highest BCUT2D eigenvalue weighted by Crippen LogP contribution is 2.28. The van der Waals surface area contributed by atoms with Gasteiger partial charge in [-0.1, -0.05) is 16.8 Å². The van der Waals surface area contributed by atoms with E-state index in [-0.39, 0.29) is 18.3 Å². The molecule has 2 aromatic rings. The van der Waals surface area contributed by atoms with Gasteiger partial charge in [-0.05, 0) is 39.0 Å². The Labute approximate surface area is 150 Å². The second-order valence-corrected chi connectivity index (χ2v) is 5.69. The highest BCUT2D eigenvalue weighted by molar-refractivity contribution is 6.32. The van der Waals surface area contributed by atoms with Crippen molar-refractivity contribution in [2.75, 3.05) is 25.0 Å². The van der Waals surface area contributed by atoms with Crippen LogP contribution in [0.2, 0.25) is 5.02 Å². The topological polar surface area (TPSA) is 84.7 Å². The van der Waals surface area contributed by atoms with E-state index in [0.717, 1.165) is 0 Å². The van der Waals surface area contributed by atoms with E-state index in [1.165, 1.54) is 6.07 Å². The molecule has 1 heterocycles. The summed E-state index contributed by atoms with van der Waals surface area (Å²) >= 11 is 6.16. The number of nitrogens with zero attached hydrogens (tertiary/aromatic N) is 2. The molecule has 2 amide bonds. The summed E-state index contributed by atoms with van der Waals surface area (Å²) in [5, 5.41) is 6.61. The highest BCUT2D eigenvalue weighted by atomic mass is 35.5. The number of amides is 2. The fourth-order valence-corrected chi connectivity index (χ4v) is 2.40. The minimum Gasteiger partial charge on any atom is -0.482 e. The Morgan fingerprint density at radius 1 is 1.28 bits per heavy atom. The second-order valence-electron chi connectivity index (χ2n) is 5.29. The Hall–Kier alpha value is -2.54. The number of anilines is 1. The Morgan fingerprint density at radius 2 is 2.00 bits per heavy atom. The first kappa shape index (κ1) is 18.8. The summed E-state index contributed by atoms with van der Waals surface area (Å²) in [7, 11) is 0. The molecule has 0 saturated heterocycles. The van der Waals surface area contributed by atoms with Gasteiger partial charge >= 0.3 is 0 Å². The predicted octanol–water partition coefficient (Wildman–Crippen LogP) is 3.14. The number of carbonyl (C=O) groups excluding carboxylic acids is 2. The number of nitrogens with one attached hydrogen (secondary N) is 1. The molecule has 7 nitrogen and oxygen atoms in total. The first-order valence-corrected chi connectivity index (χ1v) is 8.27. The molecule has 0 aliphatic carbocycles. The quantitative estimate of drug-likeness (QED) is 0.814. The Balaban J connectivity index is 1.98. The molecule has 0 aliphatic heterocycles. The monoisotopic (exact) mass is 365 g/mol. The van der Waals surface area contributed by atoms with E-state index in [2.05, 4.69) is 10.5 Å². The molecule has 1 aromatic heterocycles. The second kappa shape index (κ2) is 8.53. The standard InChI is InChI=1S/C17H20ClN3O4/c1-4-21(5-2)16(22)10-24-14-7-6-12(9-13(14)18)19-17(23)15-8-11(3)20-25-15/h6-9H,4-5,10H2,1-3H3,(H,19,23). The molecule has 0 bridgehead atoms. The van der Waals surface area contributed by atoms with Crippen LogP contribution in [0.15, 0.2) is 28.8 Å². The molecule has 0 unspecified atom stereocenters. The van der Waals surface area contributed by atoms with Gasteiger partial charge in [-0.15, -0.1) is 0 Å². The lowest BCUT2D eigenvalue weighted by atomic mass is 10.3. The summed E-state index contributed by atoms with van der Waals surface area (Å²) in [4.78, 5) is 25.6. The lowest BCUT2D eigenvalue weighted by Crippen LogP contribution is -2.34. The Kier molecular flexibility index (Phi) is 6.41. The summed E-state index contributed by atoms with van der Waals surface area (Å²) in [5.41, 5.74) is 1.09. The van der Waals surface area contributed by atoms with Crippen LogP contribution >= 0.6 is 11.6 Å². The molecule has 0 fully saturated rings. The first-order chi connectivity index (χ1) is 11.9. The van der Waals surface area contributed by atoms with Crippen LogP contribution in [-0.2, 0) is 4.79 Å². The average molecular weight is 366 g/mol. The zero-order valence-electron chi connectivity index (χ0n) is 14.3. The van der Waals surface area contributed by atoms with E-state index in [0.29, 0.717) is 35.2 Å². The van der Waals surface area contributed by atoms with E-state index >= 15 is 0 Å². The van der Waals surface area contributed by atoms with E-state index in [4.69, 9.17) is 20.9 Å². The summed E-state index contributed by atoms with van der Waals surface area (Å²) in [6, 6.07) is 6.30. The zero-order valence-corrected chi connectivity index (χ0v) is 15.1. The van der Waals surface area contributed by atoms with Crippen molar-refractivity contribution in [1.82, 2.24) is 10.1 Å². The summed E-state index contributed by atoms with van der Waals surface area (Å²) < 4.78 is 10.4. The number of aromatic nitrogens is 1. The molecule has 25 heavy (non-hydrogen) atoms. The van der Waals surface area contributed by atoms with Gasteiger partial charge in [0, 0.05) is 24.8 Å². The molecular weight excluding hydrogens is 346 g/mol. The van der Waals surface area contributed by atoms with Crippen LogP contribution in [0.5, 0.6) is 5.75 Å². The number of hydrogen-bond acceptors (Lipinski definition) is 5. The SMILES string of the molecule is CCN(CC)C(=O)COc1ccc(NC(=O)c2cc(C)no2)cc1Cl. The smallest absolute Gasteiger partial charge is 0.294 e. The molecule has 1 aromatic carbocycles. The fourth-order valence-electron chi connectivity index (χ4n) is 2.17. The molecule has 134 valence electrons. The van der Waals surface area contributed by atoms with Gasteiger partial charge in [-0.2, -0.15) is 0 Å². The molecule has 0 saturated carbocycles. The minimum absolute atomic E-state index is 0.0928. The van der Waals surface area contributed by atoms with E-state index < -0.39 is 5.91 Å². The van der Waals surface area contributed by atoms with Crippen molar-refractivity contribution >= 4 is 29.1 Å². The number of carbonyl (C=O) groups is 2. The molecule has 0 atom stereocenters. The van der Waals surface area contributed by atoms with Gasteiger partial charge < -0.3 is 19.5 Å². The van der Waals surface area contributed by atoms with Crippen LogP contribution < -0.4 is 10.1 Å². The van der Waals surface area contributed by atoms with Crippen molar-refractivity contribution in [3.63, 3.8) is 0 Å². The van der Waals surface area contributed by atoms with Crippen molar-refractivity contribution in [2.24, 2.45) is 0 Å². The van der Waals surface area contributed by atoms with Crippen LogP contribution in [0, 0.1) is 6.92 Å². The Bertz CT molecular complexity index is 756. The minimum atomic E-state index is -0.429. The van der Waals surface area contributed by atoms with Gasteiger partial charge in [-0.25, -0.2) is 0 Å². The molecule has 2 rings (SSSR count). The van der Waals surface area contributed by atoms with Gasteiger partial charge in [0.05, 0.1) is 10.7 Å². The van der Waals surface area contributed by atoms with Crippen LogP contribution in [0.25, 0.3) is 0 Å². The normalized spacial score (nSPS) is 10.4. The number of benzene rings is 1. The van der Waals surface area contributed by atoms with Crippen LogP contribution in [0.3, 0.4) is 0 Å². The number of aryl methyl sites for hydroxylation is 1. The van der Waals surface area contributed by atoms with Crippen LogP contribution in [0.4, 0.5) is 5.69 Å². The number of ether oxygens (including phenoxy) is 1. The lowest BCUT2D eigenvalue weighted by molar-refractivity contribution is -0.132. The van der Waals surface area contributed by atoms with Crippen LogP contribution in [0.1, 0.15) is 30.1 Å². The van der Waals surface area contributed by atoms with E-state index in [1.54, 1.807) is 30.0 Å². The molecule has 0 radical (unpaired) electrons. The van der Waals surface area contributed by atoms with Gasteiger partial charge in [-0.3, -0.25) is 9.59 Å². The van der Waals surface area contributed by atoms with Crippen molar-refractivity contribution < 1.29 is 18.8 Å². The largest absolute Gasteiger partial charge is 0.482 e. The Morgan fingerprint density at radius 3 is 2.56 bits per heavy atom. The maximum atomic E-state index is 12.0. The van der Waals surface area contributed by atoms with E-state index in [9.17, 15) is 9.59 Å². The maximum Gasteiger partial charge on any atom is 0.294 e. The first-order valence-electron chi connectivity index (χ1n) is 7.89. The number of hydrogen-bond donors (Lipinski definition) is 1. The van der Waals surface area contributed by atoms with Gasteiger partial charge in [0.25, 0.3) is 11.8 Å². The van der Waals surface area contributed by atoms with Crippen molar-refractivity contribution in [3.8, 4) is 5.75 Å². The third-order valence-electron chi connectivity index (χ3n) is 3.51. The third kappa shape index (κ3) is 4.96. The van der Waals surface area contributed by atoms with Gasteiger partial charge in [0.15, 0.2) is 6.61 Å².